The normalized spacial score (nSPS) is 24.3. The minimum absolute atomic E-state index is 0.0472. The zero-order valence-corrected chi connectivity index (χ0v) is 13.5. The van der Waals surface area contributed by atoms with E-state index in [4.69, 9.17) is 5.73 Å². The third kappa shape index (κ3) is 3.52. The Kier molecular flexibility index (Phi) is 4.61. The molecule has 2 atom stereocenters. The number of amides is 2. The molecule has 3 rings (SSSR count). The molecule has 0 aliphatic carbocycles. The van der Waals surface area contributed by atoms with Gasteiger partial charge in [-0.15, -0.1) is 0 Å². The number of carbonyl (C=O) groups is 2. The smallest absolute Gasteiger partial charge is 0.240 e. The Morgan fingerprint density at radius 1 is 1.35 bits per heavy atom. The van der Waals surface area contributed by atoms with E-state index in [0.29, 0.717) is 13.0 Å². The predicted octanol–water partition coefficient (Wildman–Crippen LogP) is -0.643. The molecule has 1 saturated heterocycles. The van der Waals surface area contributed by atoms with Gasteiger partial charge >= 0.3 is 0 Å². The van der Waals surface area contributed by atoms with E-state index < -0.39 is 11.9 Å². The predicted molar refractivity (Wildman–Crippen MR) is 83.4 cm³/mol. The summed E-state index contributed by atoms with van der Waals surface area (Å²) in [6.07, 6.45) is 4.35. The van der Waals surface area contributed by atoms with Crippen LogP contribution in [0, 0.1) is 6.92 Å². The number of hydrogen-bond donors (Lipinski definition) is 2. The molecular weight excluding hydrogens is 296 g/mol. The molecule has 126 valence electrons. The van der Waals surface area contributed by atoms with Crippen molar-refractivity contribution in [3.05, 3.63) is 11.6 Å². The minimum Gasteiger partial charge on any atom is -0.368 e. The lowest BCUT2D eigenvalue weighted by atomic mass is 10.0. The van der Waals surface area contributed by atoms with Crippen molar-refractivity contribution in [1.29, 1.82) is 0 Å². The van der Waals surface area contributed by atoms with Gasteiger partial charge < -0.3 is 16.0 Å². The molecule has 0 spiro atoms. The van der Waals surface area contributed by atoms with E-state index >= 15 is 0 Å². The van der Waals surface area contributed by atoms with E-state index in [9.17, 15) is 9.59 Å². The summed E-state index contributed by atoms with van der Waals surface area (Å²) in [7, 11) is 0. The van der Waals surface area contributed by atoms with Crippen molar-refractivity contribution in [2.75, 3.05) is 13.1 Å². The van der Waals surface area contributed by atoms with E-state index in [1.54, 1.807) is 4.90 Å². The second kappa shape index (κ2) is 6.66. The first-order valence-electron chi connectivity index (χ1n) is 8.27. The molecule has 8 heteroatoms. The molecular formula is C15H24N6O2. The number of aromatic nitrogens is 3. The molecule has 1 aromatic rings. The number of nitrogens with one attached hydrogen (secondary N) is 1. The first-order chi connectivity index (χ1) is 11.0. The number of primary amides is 1. The summed E-state index contributed by atoms with van der Waals surface area (Å²) < 4.78 is 1.91. The number of rotatable bonds is 4. The van der Waals surface area contributed by atoms with Gasteiger partial charge in [-0.05, 0) is 32.6 Å². The zero-order valence-electron chi connectivity index (χ0n) is 13.5. The van der Waals surface area contributed by atoms with Gasteiger partial charge in [0, 0.05) is 19.0 Å². The number of piperidine rings is 1. The van der Waals surface area contributed by atoms with Gasteiger partial charge in [0.1, 0.15) is 17.7 Å². The highest BCUT2D eigenvalue weighted by Crippen LogP contribution is 2.17. The van der Waals surface area contributed by atoms with Crippen LogP contribution >= 0.6 is 0 Å². The van der Waals surface area contributed by atoms with Crippen LogP contribution in [0.2, 0.25) is 0 Å². The van der Waals surface area contributed by atoms with Gasteiger partial charge in [0.05, 0.1) is 13.1 Å². The van der Waals surface area contributed by atoms with Crippen molar-refractivity contribution in [2.45, 2.75) is 57.7 Å². The molecule has 0 saturated carbocycles. The molecule has 8 nitrogen and oxygen atoms in total. The van der Waals surface area contributed by atoms with Crippen LogP contribution in [0.15, 0.2) is 0 Å². The number of nitrogens with zero attached hydrogens (tertiary/aromatic N) is 4. The highest BCUT2D eigenvalue weighted by atomic mass is 16.2. The summed E-state index contributed by atoms with van der Waals surface area (Å²) in [6, 6.07) is -0.252. The molecule has 0 radical (unpaired) electrons. The quantitative estimate of drug-likeness (QED) is 0.767. The van der Waals surface area contributed by atoms with Gasteiger partial charge in [0.15, 0.2) is 0 Å². The Hall–Kier alpha value is -1.96. The van der Waals surface area contributed by atoms with Crippen LogP contribution in [0.3, 0.4) is 0 Å². The third-order valence-corrected chi connectivity index (χ3v) is 4.66. The first-order valence-corrected chi connectivity index (χ1v) is 8.27. The number of hydrogen-bond acceptors (Lipinski definition) is 5. The molecule has 0 unspecified atom stereocenters. The van der Waals surface area contributed by atoms with Crippen molar-refractivity contribution in [2.24, 2.45) is 5.73 Å². The van der Waals surface area contributed by atoms with E-state index in [1.807, 2.05) is 11.6 Å². The Morgan fingerprint density at radius 3 is 2.96 bits per heavy atom. The van der Waals surface area contributed by atoms with Crippen molar-refractivity contribution in [3.63, 3.8) is 0 Å². The van der Waals surface area contributed by atoms with Gasteiger partial charge in [-0.25, -0.2) is 9.67 Å². The monoisotopic (exact) mass is 320 g/mol. The molecule has 1 aromatic heterocycles. The molecule has 0 aromatic carbocycles. The maximum atomic E-state index is 12.4. The Bertz CT molecular complexity index is 599. The van der Waals surface area contributed by atoms with Crippen LogP contribution in [0.1, 0.15) is 37.3 Å². The van der Waals surface area contributed by atoms with Gasteiger partial charge in [0.25, 0.3) is 0 Å². The molecule has 0 bridgehead atoms. The Balaban J connectivity index is 1.54. The highest BCUT2D eigenvalue weighted by Gasteiger charge is 2.31. The third-order valence-electron chi connectivity index (χ3n) is 4.66. The molecule has 2 amide bonds. The minimum atomic E-state index is -0.450. The van der Waals surface area contributed by atoms with Gasteiger partial charge in [-0.1, -0.05) is 0 Å². The fraction of sp³-hybridized carbons (Fsp3) is 0.733. The molecule has 2 aliphatic heterocycles. The molecule has 2 aliphatic rings. The molecule has 3 N–H and O–H groups in total. The Morgan fingerprint density at radius 2 is 2.17 bits per heavy atom. The average molecular weight is 320 g/mol. The Labute approximate surface area is 135 Å². The molecule has 3 heterocycles. The van der Waals surface area contributed by atoms with Crippen LogP contribution in [0.4, 0.5) is 0 Å². The lowest BCUT2D eigenvalue weighted by molar-refractivity contribution is -0.140. The molecule has 23 heavy (non-hydrogen) atoms. The van der Waals surface area contributed by atoms with E-state index in [0.717, 1.165) is 43.9 Å². The number of carbonyl (C=O) groups excluding carboxylic acids is 2. The fourth-order valence-corrected chi connectivity index (χ4v) is 3.46. The summed E-state index contributed by atoms with van der Waals surface area (Å²) in [5.41, 5.74) is 5.42. The van der Waals surface area contributed by atoms with Gasteiger partial charge in [-0.3, -0.25) is 9.59 Å². The first kappa shape index (κ1) is 15.9. The topological polar surface area (TPSA) is 106 Å². The molecule has 1 fully saturated rings. The highest BCUT2D eigenvalue weighted by molar-refractivity contribution is 5.87. The van der Waals surface area contributed by atoms with Crippen LogP contribution < -0.4 is 11.1 Å². The van der Waals surface area contributed by atoms with Crippen molar-refractivity contribution in [1.82, 2.24) is 25.0 Å². The van der Waals surface area contributed by atoms with Gasteiger partial charge in [-0.2, -0.15) is 5.10 Å². The lowest BCUT2D eigenvalue weighted by Crippen LogP contribution is -2.53. The van der Waals surface area contributed by atoms with Crippen molar-refractivity contribution >= 4 is 11.8 Å². The van der Waals surface area contributed by atoms with Gasteiger partial charge in [0.2, 0.25) is 11.8 Å². The number of fused-ring (bicyclic) bond motifs is 1. The standard InChI is InChI=1S/C15H24N6O2/c1-10-18-13-6-5-11(9-21(13)19-10)17-8-14(22)20-7-3-2-4-12(20)15(16)23/h11-12,17H,2-9H2,1H3,(H2,16,23)/t11-,12-/m0/s1. The van der Waals surface area contributed by atoms with Crippen LogP contribution in [0.25, 0.3) is 0 Å². The maximum absolute atomic E-state index is 12.4. The van der Waals surface area contributed by atoms with Crippen LogP contribution in [-0.2, 0) is 22.6 Å². The SMILES string of the molecule is Cc1nc2n(n1)C[C@@H](NCC(=O)N1CCCC[C@H]1C(N)=O)CC2. The average Bonchev–Trinajstić information content (AvgIpc) is 2.91. The van der Waals surface area contributed by atoms with E-state index in [2.05, 4.69) is 15.4 Å². The zero-order chi connectivity index (χ0) is 16.4. The number of aryl methyl sites for hydroxylation is 2. The lowest BCUT2D eigenvalue weighted by Gasteiger charge is -2.34. The second-order valence-corrected chi connectivity index (χ2v) is 6.37. The maximum Gasteiger partial charge on any atom is 0.240 e. The van der Waals surface area contributed by atoms with E-state index in [-0.39, 0.29) is 18.5 Å². The second-order valence-electron chi connectivity index (χ2n) is 6.37. The van der Waals surface area contributed by atoms with Crippen LogP contribution in [-0.4, -0.2) is 56.7 Å². The number of nitrogens with two attached hydrogens (primary N) is 1. The largest absolute Gasteiger partial charge is 0.368 e. The van der Waals surface area contributed by atoms with E-state index in [1.165, 1.54) is 0 Å². The summed E-state index contributed by atoms with van der Waals surface area (Å²) in [4.78, 5) is 29.9. The number of likely N-dealkylation sites (tertiary alicyclic amines) is 1. The van der Waals surface area contributed by atoms with Crippen LogP contribution in [0.5, 0.6) is 0 Å². The summed E-state index contributed by atoms with van der Waals surface area (Å²) >= 11 is 0. The summed E-state index contributed by atoms with van der Waals surface area (Å²) in [6.45, 7) is 3.46. The summed E-state index contributed by atoms with van der Waals surface area (Å²) in [5, 5.41) is 7.66. The fourth-order valence-electron chi connectivity index (χ4n) is 3.46. The van der Waals surface area contributed by atoms with Crippen molar-refractivity contribution < 1.29 is 9.59 Å². The summed E-state index contributed by atoms with van der Waals surface area (Å²) in [5.74, 6) is 1.35. The van der Waals surface area contributed by atoms with Crippen molar-refractivity contribution in [3.8, 4) is 0 Å².